The van der Waals surface area contributed by atoms with Gasteiger partial charge in [-0.3, -0.25) is 14.7 Å². The van der Waals surface area contributed by atoms with E-state index in [1.165, 1.54) is 25.8 Å². The van der Waals surface area contributed by atoms with Gasteiger partial charge in [-0.1, -0.05) is 18.6 Å². The molecular formula is C22H28N4O. The molecule has 2 aliphatic heterocycles. The molecule has 2 aliphatic rings. The van der Waals surface area contributed by atoms with Crippen molar-refractivity contribution in [3.05, 3.63) is 47.4 Å². The van der Waals surface area contributed by atoms with Crippen LogP contribution in [-0.4, -0.2) is 57.4 Å². The third kappa shape index (κ3) is 3.61. The van der Waals surface area contributed by atoms with E-state index in [0.29, 0.717) is 12.1 Å². The summed E-state index contributed by atoms with van der Waals surface area (Å²) in [6.45, 7) is 9.07. The van der Waals surface area contributed by atoms with Gasteiger partial charge < -0.3 is 4.90 Å². The van der Waals surface area contributed by atoms with Gasteiger partial charge in [-0.2, -0.15) is 0 Å². The van der Waals surface area contributed by atoms with Gasteiger partial charge in [-0.15, -0.1) is 0 Å². The summed E-state index contributed by atoms with van der Waals surface area (Å²) in [5, 5.41) is 0. The molecule has 1 atom stereocenters. The van der Waals surface area contributed by atoms with Crippen LogP contribution < -0.4 is 0 Å². The lowest BCUT2D eigenvalue weighted by molar-refractivity contribution is 0.00213. The molecule has 0 N–H and O–H groups in total. The summed E-state index contributed by atoms with van der Waals surface area (Å²) in [6.07, 6.45) is 5.67. The number of carbonyl (C=O) groups is 1. The maximum atomic E-state index is 12.9. The molecule has 4 rings (SSSR count). The molecule has 2 aromatic rings. The number of benzene rings is 1. The van der Waals surface area contributed by atoms with Crippen LogP contribution in [0.15, 0.2) is 30.5 Å². The Morgan fingerprint density at radius 1 is 1.19 bits per heavy atom. The van der Waals surface area contributed by atoms with Gasteiger partial charge in [0.2, 0.25) is 0 Å². The van der Waals surface area contributed by atoms with Gasteiger partial charge in [0, 0.05) is 42.5 Å². The minimum atomic E-state index is 0.121. The van der Waals surface area contributed by atoms with Gasteiger partial charge in [0.1, 0.15) is 0 Å². The van der Waals surface area contributed by atoms with Gasteiger partial charge >= 0.3 is 0 Å². The van der Waals surface area contributed by atoms with Crippen LogP contribution in [0.2, 0.25) is 0 Å². The summed E-state index contributed by atoms with van der Waals surface area (Å²) < 4.78 is 0. The number of piperidine rings is 1. The number of hydrogen-bond donors (Lipinski definition) is 0. The summed E-state index contributed by atoms with van der Waals surface area (Å²) in [5.74, 6) is 0.121. The van der Waals surface area contributed by atoms with E-state index in [1.54, 1.807) is 6.20 Å². The number of aromatic nitrogens is 2. The van der Waals surface area contributed by atoms with Crippen molar-refractivity contribution < 1.29 is 4.79 Å². The Morgan fingerprint density at radius 2 is 2.00 bits per heavy atom. The highest BCUT2D eigenvalue weighted by atomic mass is 16.2. The number of rotatable bonds is 3. The van der Waals surface area contributed by atoms with E-state index >= 15 is 0 Å². The average Bonchev–Trinajstić information content (AvgIpc) is 2.64. The van der Waals surface area contributed by atoms with Crippen LogP contribution in [-0.2, 0) is 0 Å². The highest BCUT2D eigenvalue weighted by Gasteiger charge is 2.37. The van der Waals surface area contributed by atoms with E-state index < -0.39 is 0 Å². The molecule has 2 saturated heterocycles. The van der Waals surface area contributed by atoms with E-state index in [0.717, 1.165) is 41.3 Å². The first-order chi connectivity index (χ1) is 13.0. The van der Waals surface area contributed by atoms with E-state index in [-0.39, 0.29) is 5.91 Å². The molecule has 1 amide bonds. The van der Waals surface area contributed by atoms with Gasteiger partial charge in [-0.05, 0) is 52.3 Å². The molecule has 0 spiro atoms. The highest BCUT2D eigenvalue weighted by Crippen LogP contribution is 2.27. The lowest BCUT2D eigenvalue weighted by atomic mass is 9.96. The van der Waals surface area contributed by atoms with E-state index in [2.05, 4.69) is 21.8 Å². The Morgan fingerprint density at radius 3 is 2.78 bits per heavy atom. The molecule has 5 heteroatoms. The van der Waals surface area contributed by atoms with Crippen LogP contribution in [0, 0.1) is 13.8 Å². The van der Waals surface area contributed by atoms with Gasteiger partial charge in [0.25, 0.3) is 5.91 Å². The quantitative estimate of drug-likeness (QED) is 0.837. The van der Waals surface area contributed by atoms with Crippen LogP contribution in [0.1, 0.15) is 47.9 Å². The Balaban J connectivity index is 1.47. The predicted octanol–water partition coefficient (Wildman–Crippen LogP) is 3.46. The van der Waals surface area contributed by atoms with E-state index in [9.17, 15) is 4.79 Å². The van der Waals surface area contributed by atoms with Crippen LogP contribution in [0.25, 0.3) is 11.3 Å². The second-order valence-corrected chi connectivity index (χ2v) is 7.97. The smallest absolute Gasteiger partial charge is 0.253 e. The summed E-state index contributed by atoms with van der Waals surface area (Å²) in [7, 11) is 0. The van der Waals surface area contributed by atoms with Gasteiger partial charge in [-0.25, -0.2) is 4.98 Å². The Bertz CT molecular complexity index is 844. The third-order valence-electron chi connectivity index (χ3n) is 5.93. The largest absolute Gasteiger partial charge is 0.335 e. The SMILES string of the molecule is Cc1cnc(C)c(-c2cccc(C(=O)N3CC(N4CCCCC4C)C3)c2)n1. The molecule has 0 aliphatic carbocycles. The molecule has 0 bridgehead atoms. The lowest BCUT2D eigenvalue weighted by Crippen LogP contribution is -2.63. The summed E-state index contributed by atoms with van der Waals surface area (Å²) in [6, 6.07) is 8.97. The normalized spacial score (nSPS) is 21.1. The zero-order valence-electron chi connectivity index (χ0n) is 16.5. The fraction of sp³-hybridized carbons (Fsp3) is 0.500. The van der Waals surface area contributed by atoms with Gasteiger partial charge in [0.15, 0.2) is 0 Å². The monoisotopic (exact) mass is 364 g/mol. The first-order valence-corrected chi connectivity index (χ1v) is 9.98. The molecule has 0 saturated carbocycles. The minimum absolute atomic E-state index is 0.121. The molecule has 27 heavy (non-hydrogen) atoms. The fourth-order valence-corrected chi connectivity index (χ4v) is 4.29. The van der Waals surface area contributed by atoms with E-state index in [4.69, 9.17) is 0 Å². The molecule has 1 aromatic heterocycles. The first-order valence-electron chi connectivity index (χ1n) is 9.98. The number of likely N-dealkylation sites (tertiary alicyclic amines) is 2. The zero-order chi connectivity index (χ0) is 19.0. The van der Waals surface area contributed by atoms with Crippen LogP contribution in [0.4, 0.5) is 0 Å². The maximum absolute atomic E-state index is 12.9. The number of nitrogens with zero attached hydrogens (tertiary/aromatic N) is 4. The highest BCUT2D eigenvalue weighted by molar-refractivity contribution is 5.96. The topological polar surface area (TPSA) is 49.3 Å². The molecule has 1 unspecified atom stereocenters. The van der Waals surface area contributed by atoms with Crippen molar-refractivity contribution in [2.45, 2.75) is 52.1 Å². The molecule has 5 nitrogen and oxygen atoms in total. The van der Waals surface area contributed by atoms with Crippen LogP contribution in [0.5, 0.6) is 0 Å². The van der Waals surface area contributed by atoms with E-state index in [1.807, 2.05) is 43.0 Å². The maximum Gasteiger partial charge on any atom is 0.253 e. The number of aryl methyl sites for hydroxylation is 2. The van der Waals surface area contributed by atoms with Crippen molar-refractivity contribution in [1.29, 1.82) is 0 Å². The minimum Gasteiger partial charge on any atom is -0.335 e. The van der Waals surface area contributed by atoms with Crippen molar-refractivity contribution in [2.24, 2.45) is 0 Å². The molecular weight excluding hydrogens is 336 g/mol. The van der Waals surface area contributed by atoms with Crippen molar-refractivity contribution in [3.63, 3.8) is 0 Å². The van der Waals surface area contributed by atoms with Crippen LogP contribution in [0.3, 0.4) is 0 Å². The van der Waals surface area contributed by atoms with Crippen molar-refractivity contribution in [3.8, 4) is 11.3 Å². The summed E-state index contributed by atoms with van der Waals surface area (Å²) >= 11 is 0. The second kappa shape index (κ2) is 7.39. The number of hydrogen-bond acceptors (Lipinski definition) is 4. The van der Waals surface area contributed by atoms with Crippen LogP contribution >= 0.6 is 0 Å². The number of amides is 1. The molecule has 1 aromatic carbocycles. The summed E-state index contributed by atoms with van der Waals surface area (Å²) in [4.78, 5) is 26.5. The van der Waals surface area contributed by atoms with Crippen molar-refractivity contribution in [1.82, 2.24) is 19.8 Å². The molecule has 2 fully saturated rings. The lowest BCUT2D eigenvalue weighted by Gasteiger charge is -2.49. The molecule has 3 heterocycles. The van der Waals surface area contributed by atoms with Crippen molar-refractivity contribution >= 4 is 5.91 Å². The Labute approximate surface area is 161 Å². The average molecular weight is 364 g/mol. The fourth-order valence-electron chi connectivity index (χ4n) is 4.29. The first kappa shape index (κ1) is 18.1. The number of carbonyl (C=O) groups excluding carboxylic acids is 1. The predicted molar refractivity (Wildman–Crippen MR) is 107 cm³/mol. The Kier molecular flexibility index (Phi) is 4.96. The second-order valence-electron chi connectivity index (χ2n) is 7.97. The zero-order valence-corrected chi connectivity index (χ0v) is 16.5. The Hall–Kier alpha value is -2.27. The van der Waals surface area contributed by atoms with Gasteiger partial charge in [0.05, 0.1) is 17.1 Å². The molecule has 0 radical (unpaired) electrons. The molecule has 142 valence electrons. The summed E-state index contributed by atoms with van der Waals surface area (Å²) in [5.41, 5.74) is 4.31. The third-order valence-corrected chi connectivity index (χ3v) is 5.93. The van der Waals surface area contributed by atoms with Crippen molar-refractivity contribution in [2.75, 3.05) is 19.6 Å². The standard InChI is InChI=1S/C22H28N4O/c1-15-12-23-17(3)21(24-15)18-8-6-9-19(11-18)22(27)25-13-20(14-25)26-10-5-4-7-16(26)2/h6,8-9,11-12,16,20H,4-5,7,10,13-14H2,1-3H3.